The number of fused-ring (bicyclic) bond motifs is 1. The van der Waals surface area contributed by atoms with Crippen molar-refractivity contribution in [1.29, 1.82) is 0 Å². The van der Waals surface area contributed by atoms with Crippen LogP contribution < -0.4 is 0 Å². The van der Waals surface area contributed by atoms with Crippen LogP contribution in [0, 0.1) is 11.6 Å². The number of rotatable bonds is 4. The standard InChI is InChI=1S/C18H11ClF2N4S/c19-14-2-1-3-15(21)13(14)10-26-18-23-22-17-9-8-16(24-25(17)18)11-4-6-12(20)7-5-11/h1-9H,10H2. The molecule has 130 valence electrons. The molecule has 0 bridgehead atoms. The Kier molecular flexibility index (Phi) is 4.57. The maximum Gasteiger partial charge on any atom is 0.212 e. The summed E-state index contributed by atoms with van der Waals surface area (Å²) in [6.07, 6.45) is 0. The molecule has 0 saturated heterocycles. The molecule has 0 aliphatic carbocycles. The van der Waals surface area contributed by atoms with Gasteiger partial charge in [0.15, 0.2) is 5.65 Å². The Morgan fingerprint density at radius 1 is 0.962 bits per heavy atom. The van der Waals surface area contributed by atoms with E-state index in [9.17, 15) is 8.78 Å². The first-order chi connectivity index (χ1) is 12.6. The third kappa shape index (κ3) is 3.27. The van der Waals surface area contributed by atoms with Gasteiger partial charge in [0.2, 0.25) is 5.16 Å². The number of nitrogens with zero attached hydrogens (tertiary/aromatic N) is 4. The highest BCUT2D eigenvalue weighted by molar-refractivity contribution is 7.98. The van der Waals surface area contributed by atoms with E-state index in [-0.39, 0.29) is 11.6 Å². The average Bonchev–Trinajstić information content (AvgIpc) is 3.04. The minimum Gasteiger partial charge on any atom is -0.207 e. The number of benzene rings is 2. The van der Waals surface area contributed by atoms with Gasteiger partial charge in [-0.05, 0) is 48.5 Å². The SMILES string of the molecule is Fc1ccc(-c2ccc3nnc(SCc4c(F)cccc4Cl)n3n2)cc1. The summed E-state index contributed by atoms with van der Waals surface area (Å²) in [7, 11) is 0. The second-order valence-electron chi connectivity index (χ2n) is 5.47. The fourth-order valence-electron chi connectivity index (χ4n) is 2.44. The Labute approximate surface area is 156 Å². The van der Waals surface area contributed by atoms with Crippen LogP contribution in [0.3, 0.4) is 0 Å². The largest absolute Gasteiger partial charge is 0.212 e. The highest BCUT2D eigenvalue weighted by atomic mass is 35.5. The van der Waals surface area contributed by atoms with Gasteiger partial charge in [-0.25, -0.2) is 8.78 Å². The van der Waals surface area contributed by atoms with Crippen molar-refractivity contribution in [3.63, 3.8) is 0 Å². The molecule has 2 aromatic carbocycles. The molecule has 8 heteroatoms. The number of hydrogen-bond donors (Lipinski definition) is 0. The lowest BCUT2D eigenvalue weighted by Gasteiger charge is -2.05. The molecule has 0 radical (unpaired) electrons. The van der Waals surface area contributed by atoms with Crippen molar-refractivity contribution in [3.8, 4) is 11.3 Å². The second kappa shape index (κ2) is 7.01. The third-order valence-electron chi connectivity index (χ3n) is 3.78. The maximum absolute atomic E-state index is 13.9. The zero-order chi connectivity index (χ0) is 18.1. The van der Waals surface area contributed by atoms with Crippen molar-refractivity contribution in [3.05, 3.63) is 76.8 Å². The minimum atomic E-state index is -0.362. The second-order valence-corrected chi connectivity index (χ2v) is 6.82. The Morgan fingerprint density at radius 2 is 1.77 bits per heavy atom. The highest BCUT2D eigenvalue weighted by Gasteiger charge is 2.13. The van der Waals surface area contributed by atoms with Crippen LogP contribution in [-0.4, -0.2) is 19.8 Å². The van der Waals surface area contributed by atoms with Crippen LogP contribution in [0.5, 0.6) is 0 Å². The molecule has 0 saturated carbocycles. The molecule has 26 heavy (non-hydrogen) atoms. The summed E-state index contributed by atoms with van der Waals surface area (Å²) in [5.41, 5.74) is 2.40. The summed E-state index contributed by atoms with van der Waals surface area (Å²) in [5, 5.41) is 13.6. The van der Waals surface area contributed by atoms with Crippen molar-refractivity contribution in [2.24, 2.45) is 0 Å². The van der Waals surface area contributed by atoms with Crippen molar-refractivity contribution in [2.75, 3.05) is 0 Å². The Morgan fingerprint density at radius 3 is 2.54 bits per heavy atom. The van der Waals surface area contributed by atoms with Crippen molar-refractivity contribution in [1.82, 2.24) is 19.8 Å². The van der Waals surface area contributed by atoms with Gasteiger partial charge in [-0.15, -0.1) is 10.2 Å². The molecule has 0 spiro atoms. The Bertz CT molecular complexity index is 1060. The average molecular weight is 389 g/mol. The van der Waals surface area contributed by atoms with Gasteiger partial charge < -0.3 is 0 Å². The van der Waals surface area contributed by atoms with Crippen LogP contribution in [0.15, 0.2) is 59.8 Å². The topological polar surface area (TPSA) is 43.1 Å². The van der Waals surface area contributed by atoms with Gasteiger partial charge in [0.25, 0.3) is 0 Å². The van der Waals surface area contributed by atoms with Crippen LogP contribution in [0.2, 0.25) is 5.02 Å². The predicted octanol–water partition coefficient (Wildman–Crippen LogP) is 5.02. The van der Waals surface area contributed by atoms with Crippen molar-refractivity contribution < 1.29 is 8.78 Å². The summed E-state index contributed by atoms with van der Waals surface area (Å²) in [6.45, 7) is 0. The number of hydrogen-bond acceptors (Lipinski definition) is 4. The highest BCUT2D eigenvalue weighted by Crippen LogP contribution is 2.28. The normalized spacial score (nSPS) is 11.2. The Balaban J connectivity index is 1.65. The van der Waals surface area contributed by atoms with Gasteiger partial charge in [0, 0.05) is 21.9 Å². The first-order valence-electron chi connectivity index (χ1n) is 7.66. The van der Waals surface area contributed by atoms with E-state index in [1.54, 1.807) is 40.9 Å². The lowest BCUT2D eigenvalue weighted by molar-refractivity contribution is 0.617. The third-order valence-corrected chi connectivity index (χ3v) is 5.08. The van der Waals surface area contributed by atoms with Gasteiger partial charge >= 0.3 is 0 Å². The molecule has 0 aliphatic heterocycles. The maximum atomic E-state index is 13.9. The molecule has 2 aromatic heterocycles. The molecule has 0 unspecified atom stereocenters. The molecule has 4 rings (SSSR count). The molecule has 0 atom stereocenters. The van der Waals surface area contributed by atoms with E-state index in [2.05, 4.69) is 15.3 Å². The summed E-state index contributed by atoms with van der Waals surface area (Å²) < 4.78 is 28.6. The van der Waals surface area contributed by atoms with E-state index >= 15 is 0 Å². The predicted molar refractivity (Wildman–Crippen MR) is 97.1 cm³/mol. The summed E-state index contributed by atoms with van der Waals surface area (Å²) in [4.78, 5) is 0. The lowest BCUT2D eigenvalue weighted by Crippen LogP contribution is -1.97. The van der Waals surface area contributed by atoms with Gasteiger partial charge in [0.05, 0.1) is 5.69 Å². The zero-order valence-corrected chi connectivity index (χ0v) is 14.8. The number of thioether (sulfide) groups is 1. The molecule has 4 nitrogen and oxygen atoms in total. The first-order valence-corrected chi connectivity index (χ1v) is 9.02. The van der Waals surface area contributed by atoms with Crippen LogP contribution in [-0.2, 0) is 5.75 Å². The molecule has 0 N–H and O–H groups in total. The van der Waals surface area contributed by atoms with E-state index < -0.39 is 0 Å². The van der Waals surface area contributed by atoms with E-state index in [1.165, 1.54) is 30.0 Å². The van der Waals surface area contributed by atoms with Crippen LogP contribution >= 0.6 is 23.4 Å². The van der Waals surface area contributed by atoms with Crippen LogP contribution in [0.1, 0.15) is 5.56 Å². The van der Waals surface area contributed by atoms with Crippen LogP contribution in [0.4, 0.5) is 8.78 Å². The molecule has 0 amide bonds. The minimum absolute atomic E-state index is 0.300. The van der Waals surface area contributed by atoms with E-state index in [1.807, 2.05) is 0 Å². The fraction of sp³-hybridized carbons (Fsp3) is 0.0556. The summed E-state index contributed by atoms with van der Waals surface area (Å²) in [5.74, 6) is -0.370. The van der Waals surface area contributed by atoms with Crippen molar-refractivity contribution >= 4 is 29.0 Å². The van der Waals surface area contributed by atoms with Gasteiger partial charge in [-0.1, -0.05) is 29.4 Å². The molecule has 0 fully saturated rings. The van der Waals surface area contributed by atoms with Gasteiger partial charge in [-0.3, -0.25) is 0 Å². The first kappa shape index (κ1) is 16.9. The quantitative estimate of drug-likeness (QED) is 0.461. The fourth-order valence-corrected chi connectivity index (χ4v) is 3.67. The van der Waals surface area contributed by atoms with Gasteiger partial charge in [-0.2, -0.15) is 9.61 Å². The monoisotopic (exact) mass is 388 g/mol. The van der Waals surface area contributed by atoms with Crippen LogP contribution in [0.25, 0.3) is 16.9 Å². The summed E-state index contributed by atoms with van der Waals surface area (Å²) >= 11 is 7.35. The smallest absolute Gasteiger partial charge is 0.207 e. The number of aromatic nitrogens is 4. The molecule has 4 aromatic rings. The van der Waals surface area contributed by atoms with E-state index in [0.717, 1.165) is 5.56 Å². The zero-order valence-electron chi connectivity index (χ0n) is 13.2. The molecule has 0 aliphatic rings. The molecular weight excluding hydrogens is 378 g/mol. The Hall–Kier alpha value is -2.51. The molecular formula is C18H11ClF2N4S. The van der Waals surface area contributed by atoms with Gasteiger partial charge in [0.1, 0.15) is 11.6 Å². The lowest BCUT2D eigenvalue weighted by atomic mass is 10.1. The summed E-state index contributed by atoms with van der Waals surface area (Å²) in [6, 6.07) is 14.2. The van der Waals surface area contributed by atoms with E-state index in [4.69, 9.17) is 11.6 Å². The number of halogens is 3. The molecule has 2 heterocycles. The van der Waals surface area contributed by atoms with E-state index in [0.29, 0.717) is 32.8 Å². The van der Waals surface area contributed by atoms with Crippen molar-refractivity contribution in [2.45, 2.75) is 10.9 Å².